The van der Waals surface area contributed by atoms with Gasteiger partial charge in [-0.1, -0.05) is 22.0 Å². The molecule has 0 aliphatic carbocycles. The van der Waals surface area contributed by atoms with Gasteiger partial charge in [0.1, 0.15) is 0 Å². The van der Waals surface area contributed by atoms with Crippen LogP contribution in [0.25, 0.3) is 0 Å². The van der Waals surface area contributed by atoms with E-state index in [-0.39, 0.29) is 5.91 Å². The number of hydrogen-bond acceptors (Lipinski definition) is 3. The first-order chi connectivity index (χ1) is 8.66. The van der Waals surface area contributed by atoms with Crippen LogP contribution in [0.15, 0.2) is 45.3 Å². The number of nitrogens with one attached hydrogen (secondary N) is 1. The van der Waals surface area contributed by atoms with E-state index >= 15 is 0 Å². The molecule has 3 nitrogen and oxygen atoms in total. The van der Waals surface area contributed by atoms with Gasteiger partial charge in [-0.3, -0.25) is 4.79 Å². The van der Waals surface area contributed by atoms with Crippen LogP contribution in [0, 0.1) is 6.92 Å². The van der Waals surface area contributed by atoms with E-state index in [2.05, 4.69) is 26.5 Å². The van der Waals surface area contributed by atoms with Crippen LogP contribution in [-0.4, -0.2) is 12.1 Å². The molecule has 18 heavy (non-hydrogen) atoms. The Bertz CT molecular complexity index is 592. The van der Waals surface area contributed by atoms with Gasteiger partial charge in [0.2, 0.25) is 0 Å². The molecule has 0 radical (unpaired) electrons. The summed E-state index contributed by atoms with van der Waals surface area (Å²) in [4.78, 5) is 12.9. The SMILES string of the molecule is Cc1sccc1/C=N\NC(=O)c1cccc(Br)c1. The molecule has 0 fully saturated rings. The van der Waals surface area contributed by atoms with Crippen LogP contribution in [0.2, 0.25) is 0 Å². The zero-order valence-corrected chi connectivity index (χ0v) is 12.1. The first-order valence-electron chi connectivity index (χ1n) is 5.30. The molecule has 0 aliphatic heterocycles. The average molecular weight is 323 g/mol. The first-order valence-corrected chi connectivity index (χ1v) is 6.97. The van der Waals surface area contributed by atoms with E-state index in [0.29, 0.717) is 5.56 Å². The largest absolute Gasteiger partial charge is 0.271 e. The van der Waals surface area contributed by atoms with Crippen molar-refractivity contribution in [3.63, 3.8) is 0 Å². The number of hydrogen-bond donors (Lipinski definition) is 1. The van der Waals surface area contributed by atoms with Crippen LogP contribution in [0.5, 0.6) is 0 Å². The number of hydrazone groups is 1. The normalized spacial score (nSPS) is 10.8. The van der Waals surface area contributed by atoms with Crippen molar-refractivity contribution >= 4 is 39.4 Å². The molecule has 0 aliphatic rings. The van der Waals surface area contributed by atoms with Gasteiger partial charge in [-0.25, -0.2) is 5.43 Å². The van der Waals surface area contributed by atoms with Gasteiger partial charge in [-0.05, 0) is 36.6 Å². The molecule has 0 atom stereocenters. The van der Waals surface area contributed by atoms with E-state index in [0.717, 1.165) is 10.0 Å². The molecular weight excluding hydrogens is 312 g/mol. The number of aryl methyl sites for hydroxylation is 1. The highest BCUT2D eigenvalue weighted by atomic mass is 79.9. The number of rotatable bonds is 3. The summed E-state index contributed by atoms with van der Waals surface area (Å²) in [6, 6.07) is 9.14. The molecule has 1 heterocycles. The molecular formula is C13H11BrN2OS. The van der Waals surface area contributed by atoms with Gasteiger partial charge in [0.15, 0.2) is 0 Å². The first kappa shape index (κ1) is 13.0. The van der Waals surface area contributed by atoms with Crippen molar-refractivity contribution in [2.75, 3.05) is 0 Å². The van der Waals surface area contributed by atoms with Gasteiger partial charge < -0.3 is 0 Å². The molecule has 1 amide bonds. The number of carbonyl (C=O) groups is 1. The molecule has 5 heteroatoms. The van der Waals surface area contributed by atoms with E-state index < -0.39 is 0 Å². The van der Waals surface area contributed by atoms with Crippen molar-refractivity contribution in [1.29, 1.82) is 0 Å². The third-order valence-corrected chi connectivity index (χ3v) is 3.71. The average Bonchev–Trinajstić information content (AvgIpc) is 2.75. The summed E-state index contributed by atoms with van der Waals surface area (Å²) in [5.74, 6) is -0.222. The predicted molar refractivity (Wildman–Crippen MR) is 78.3 cm³/mol. The summed E-state index contributed by atoms with van der Waals surface area (Å²) in [6.45, 7) is 2.02. The summed E-state index contributed by atoms with van der Waals surface area (Å²) in [5.41, 5.74) is 4.10. The second kappa shape index (κ2) is 5.93. The maximum atomic E-state index is 11.8. The monoisotopic (exact) mass is 322 g/mol. The van der Waals surface area contributed by atoms with Crippen molar-refractivity contribution < 1.29 is 4.79 Å². The van der Waals surface area contributed by atoms with E-state index in [4.69, 9.17) is 0 Å². The molecule has 1 aromatic carbocycles. The number of amides is 1. The van der Waals surface area contributed by atoms with Crippen LogP contribution in [0.4, 0.5) is 0 Å². The minimum Gasteiger partial charge on any atom is -0.267 e. The Morgan fingerprint density at radius 2 is 2.28 bits per heavy atom. The molecule has 2 rings (SSSR count). The lowest BCUT2D eigenvalue weighted by atomic mass is 10.2. The molecule has 0 unspecified atom stereocenters. The fourth-order valence-electron chi connectivity index (χ4n) is 1.38. The van der Waals surface area contributed by atoms with Crippen molar-refractivity contribution in [2.45, 2.75) is 6.92 Å². The zero-order chi connectivity index (χ0) is 13.0. The Morgan fingerprint density at radius 3 is 2.94 bits per heavy atom. The second-order valence-corrected chi connectivity index (χ2v) is 5.68. The Labute approximate surface area is 118 Å². The lowest BCUT2D eigenvalue weighted by molar-refractivity contribution is 0.0955. The van der Waals surface area contributed by atoms with E-state index in [1.165, 1.54) is 4.88 Å². The Hall–Kier alpha value is -1.46. The highest BCUT2D eigenvalue weighted by molar-refractivity contribution is 9.10. The predicted octanol–water partition coefficient (Wildman–Crippen LogP) is 3.58. The molecule has 1 aromatic heterocycles. The molecule has 0 saturated carbocycles. The van der Waals surface area contributed by atoms with E-state index in [1.54, 1.807) is 29.7 Å². The highest BCUT2D eigenvalue weighted by Crippen LogP contribution is 2.13. The van der Waals surface area contributed by atoms with Gasteiger partial charge in [0.05, 0.1) is 6.21 Å². The van der Waals surface area contributed by atoms with Gasteiger partial charge in [-0.2, -0.15) is 5.10 Å². The maximum Gasteiger partial charge on any atom is 0.271 e. The quantitative estimate of drug-likeness (QED) is 0.681. The van der Waals surface area contributed by atoms with Crippen molar-refractivity contribution in [1.82, 2.24) is 5.43 Å². The van der Waals surface area contributed by atoms with Gasteiger partial charge in [0.25, 0.3) is 5.91 Å². The lowest BCUT2D eigenvalue weighted by Gasteiger charge is -1.99. The minimum atomic E-state index is -0.222. The Morgan fingerprint density at radius 1 is 1.44 bits per heavy atom. The van der Waals surface area contributed by atoms with E-state index in [9.17, 15) is 4.79 Å². The fraction of sp³-hybridized carbons (Fsp3) is 0.0769. The third-order valence-electron chi connectivity index (χ3n) is 2.36. The van der Waals surface area contributed by atoms with Crippen molar-refractivity contribution in [2.24, 2.45) is 5.10 Å². The van der Waals surface area contributed by atoms with Gasteiger partial charge >= 0.3 is 0 Å². The van der Waals surface area contributed by atoms with Crippen molar-refractivity contribution in [3.8, 4) is 0 Å². The number of benzene rings is 1. The summed E-state index contributed by atoms with van der Waals surface area (Å²) >= 11 is 4.97. The van der Waals surface area contributed by atoms with Crippen LogP contribution in [0.3, 0.4) is 0 Å². The molecule has 0 spiro atoms. The van der Waals surface area contributed by atoms with Gasteiger partial charge in [-0.15, -0.1) is 11.3 Å². The summed E-state index contributed by atoms with van der Waals surface area (Å²) in [6.07, 6.45) is 1.65. The Kier molecular flexibility index (Phi) is 4.28. The zero-order valence-electron chi connectivity index (χ0n) is 9.68. The van der Waals surface area contributed by atoms with E-state index in [1.807, 2.05) is 30.5 Å². The maximum absolute atomic E-state index is 11.8. The van der Waals surface area contributed by atoms with Gasteiger partial charge in [0, 0.05) is 20.5 Å². The van der Waals surface area contributed by atoms with Crippen molar-refractivity contribution in [3.05, 3.63) is 56.2 Å². The number of halogens is 1. The third kappa shape index (κ3) is 3.27. The fourth-order valence-corrected chi connectivity index (χ4v) is 2.46. The number of nitrogens with zero attached hydrogens (tertiary/aromatic N) is 1. The highest BCUT2D eigenvalue weighted by Gasteiger charge is 2.03. The van der Waals surface area contributed by atoms with Crippen LogP contribution >= 0.6 is 27.3 Å². The Balaban J connectivity index is 2.01. The standard InChI is InChI=1S/C13H11BrN2OS/c1-9-11(5-6-18-9)8-15-16-13(17)10-3-2-4-12(14)7-10/h2-8H,1H3,(H,16,17)/b15-8-. The summed E-state index contributed by atoms with van der Waals surface area (Å²) < 4.78 is 0.868. The molecule has 1 N–H and O–H groups in total. The van der Waals surface area contributed by atoms with Crippen LogP contribution in [-0.2, 0) is 0 Å². The topological polar surface area (TPSA) is 41.5 Å². The second-order valence-electron chi connectivity index (χ2n) is 3.64. The van der Waals surface area contributed by atoms with Crippen LogP contribution in [0.1, 0.15) is 20.8 Å². The number of thiophene rings is 1. The van der Waals surface area contributed by atoms with Crippen LogP contribution < -0.4 is 5.43 Å². The lowest BCUT2D eigenvalue weighted by Crippen LogP contribution is -2.17. The summed E-state index contributed by atoms with van der Waals surface area (Å²) in [5, 5.41) is 5.94. The molecule has 0 saturated heterocycles. The smallest absolute Gasteiger partial charge is 0.267 e. The molecule has 92 valence electrons. The minimum absolute atomic E-state index is 0.222. The molecule has 0 bridgehead atoms. The molecule has 2 aromatic rings. The number of carbonyl (C=O) groups excluding carboxylic acids is 1. The summed E-state index contributed by atoms with van der Waals surface area (Å²) in [7, 11) is 0.